The van der Waals surface area contributed by atoms with E-state index < -0.39 is 6.04 Å². The van der Waals surface area contributed by atoms with Crippen LogP contribution < -0.4 is 19.7 Å². The van der Waals surface area contributed by atoms with Gasteiger partial charge in [-0.2, -0.15) is 0 Å². The number of anilines is 2. The zero-order valence-corrected chi connectivity index (χ0v) is 18.5. The molecule has 0 bridgehead atoms. The van der Waals surface area contributed by atoms with Crippen molar-refractivity contribution in [3.05, 3.63) is 42.5 Å². The van der Waals surface area contributed by atoms with Crippen molar-refractivity contribution >= 4 is 34.5 Å². The molecule has 0 radical (unpaired) electrons. The van der Waals surface area contributed by atoms with E-state index in [4.69, 9.17) is 14.5 Å². The monoisotopic (exact) mass is 446 g/mol. The molecule has 8 heteroatoms. The third kappa shape index (κ3) is 3.32. The predicted octanol–water partition coefficient (Wildman–Crippen LogP) is 4.26. The Morgan fingerprint density at radius 2 is 1.94 bits per heavy atom. The molecule has 8 nitrogen and oxygen atoms in total. The molecule has 33 heavy (non-hydrogen) atoms. The number of imidazole rings is 1. The number of carbonyl (C=O) groups is 2. The van der Waals surface area contributed by atoms with Gasteiger partial charge in [-0.1, -0.05) is 31.9 Å². The lowest BCUT2D eigenvalue weighted by Crippen LogP contribution is -2.44. The molecule has 1 aliphatic carbocycles. The van der Waals surface area contributed by atoms with E-state index in [0.29, 0.717) is 29.1 Å². The highest BCUT2D eigenvalue weighted by Crippen LogP contribution is 2.41. The molecule has 3 atom stereocenters. The minimum absolute atomic E-state index is 0.0390. The van der Waals surface area contributed by atoms with Crippen LogP contribution in [0.15, 0.2) is 42.5 Å². The van der Waals surface area contributed by atoms with Crippen LogP contribution in [0.5, 0.6) is 11.5 Å². The Morgan fingerprint density at radius 3 is 2.82 bits per heavy atom. The van der Waals surface area contributed by atoms with Gasteiger partial charge in [-0.3, -0.25) is 19.1 Å². The fourth-order valence-electron chi connectivity index (χ4n) is 5.41. The first kappa shape index (κ1) is 20.1. The number of nitrogens with one attached hydrogen (secondary N) is 1. The number of amides is 2. The summed E-state index contributed by atoms with van der Waals surface area (Å²) in [5.74, 6) is 2.06. The van der Waals surface area contributed by atoms with E-state index in [1.807, 2.05) is 33.7 Å². The standard InChI is InChI=1S/C25H26N4O4/c1-15-6-2-4-8-18(15)29-24(31)20(28-19-9-5-3-7-17(19)27-25(28)29)13-23(30)26-16-10-11-21-22(12-16)33-14-32-21/h3,5,7,9-12,15,18,20H,2,4,6,8,13-14H2,1H3,(H,26,30). The number of carbonyl (C=O) groups excluding carboxylic acids is 2. The second-order valence-electron chi connectivity index (χ2n) is 9.14. The van der Waals surface area contributed by atoms with Crippen LogP contribution in [0.2, 0.25) is 0 Å². The molecule has 3 unspecified atom stereocenters. The van der Waals surface area contributed by atoms with E-state index in [1.54, 1.807) is 18.2 Å². The molecule has 170 valence electrons. The summed E-state index contributed by atoms with van der Waals surface area (Å²) in [4.78, 5) is 33.4. The highest BCUT2D eigenvalue weighted by atomic mass is 16.7. The first-order valence-corrected chi connectivity index (χ1v) is 11.6. The number of nitrogens with zero attached hydrogens (tertiary/aromatic N) is 3. The fraction of sp³-hybridized carbons (Fsp3) is 0.400. The summed E-state index contributed by atoms with van der Waals surface area (Å²) >= 11 is 0. The average molecular weight is 447 g/mol. The molecule has 1 N–H and O–H groups in total. The number of benzene rings is 2. The molecule has 2 aliphatic heterocycles. The van der Waals surface area contributed by atoms with E-state index in [0.717, 1.165) is 30.3 Å². The van der Waals surface area contributed by atoms with Crippen LogP contribution in [0.25, 0.3) is 11.0 Å². The maximum Gasteiger partial charge on any atom is 0.253 e. The van der Waals surface area contributed by atoms with Gasteiger partial charge >= 0.3 is 0 Å². The van der Waals surface area contributed by atoms with E-state index in [9.17, 15) is 9.59 Å². The van der Waals surface area contributed by atoms with Crippen molar-refractivity contribution in [2.24, 2.45) is 5.92 Å². The van der Waals surface area contributed by atoms with Gasteiger partial charge in [0.2, 0.25) is 18.6 Å². The Labute approximate surface area is 191 Å². The van der Waals surface area contributed by atoms with Crippen molar-refractivity contribution in [1.82, 2.24) is 9.55 Å². The van der Waals surface area contributed by atoms with Gasteiger partial charge in [-0.25, -0.2) is 4.98 Å². The van der Waals surface area contributed by atoms with Crippen molar-refractivity contribution in [2.75, 3.05) is 17.0 Å². The van der Waals surface area contributed by atoms with Crippen molar-refractivity contribution in [3.63, 3.8) is 0 Å². The van der Waals surface area contributed by atoms with E-state index >= 15 is 0 Å². The van der Waals surface area contributed by atoms with Crippen LogP contribution in [-0.2, 0) is 9.59 Å². The Bertz CT molecular complexity index is 1250. The number of aromatic nitrogens is 2. The highest BCUT2D eigenvalue weighted by Gasteiger charge is 2.45. The molecule has 2 aromatic carbocycles. The van der Waals surface area contributed by atoms with Crippen molar-refractivity contribution < 1.29 is 19.1 Å². The maximum atomic E-state index is 13.7. The number of hydrogen-bond acceptors (Lipinski definition) is 5. The summed E-state index contributed by atoms with van der Waals surface area (Å²) in [6, 6.07) is 12.6. The van der Waals surface area contributed by atoms with Gasteiger partial charge < -0.3 is 14.8 Å². The van der Waals surface area contributed by atoms with E-state index in [2.05, 4.69) is 12.2 Å². The van der Waals surface area contributed by atoms with Gasteiger partial charge in [0, 0.05) is 17.8 Å². The molecular formula is C25H26N4O4. The normalized spacial score (nSPS) is 23.7. The minimum atomic E-state index is -0.615. The SMILES string of the molecule is CC1CCCCC1N1C(=O)C(CC(=O)Nc2ccc3c(c2)OCO3)n2c1nc1ccccc12. The third-order valence-electron chi connectivity index (χ3n) is 7.06. The zero-order chi connectivity index (χ0) is 22.5. The molecule has 1 aromatic heterocycles. The van der Waals surface area contributed by atoms with Crippen LogP contribution >= 0.6 is 0 Å². The molecule has 1 fully saturated rings. The van der Waals surface area contributed by atoms with Crippen molar-refractivity contribution in [3.8, 4) is 11.5 Å². The van der Waals surface area contributed by atoms with Crippen molar-refractivity contribution in [1.29, 1.82) is 0 Å². The maximum absolute atomic E-state index is 13.7. The van der Waals surface area contributed by atoms with Gasteiger partial charge in [-0.05, 0) is 43.0 Å². The van der Waals surface area contributed by atoms with E-state index in [-0.39, 0.29) is 31.1 Å². The van der Waals surface area contributed by atoms with Gasteiger partial charge in [-0.15, -0.1) is 0 Å². The quantitative estimate of drug-likeness (QED) is 0.647. The Balaban J connectivity index is 1.31. The number of fused-ring (bicyclic) bond motifs is 4. The fourth-order valence-corrected chi connectivity index (χ4v) is 5.41. The summed E-state index contributed by atoms with van der Waals surface area (Å²) in [7, 11) is 0. The molecule has 0 saturated heterocycles. The predicted molar refractivity (Wildman–Crippen MR) is 123 cm³/mol. The van der Waals surface area contributed by atoms with Gasteiger partial charge in [0.25, 0.3) is 5.91 Å². The van der Waals surface area contributed by atoms with Gasteiger partial charge in [0.15, 0.2) is 11.5 Å². The second kappa shape index (κ2) is 7.79. The molecule has 1 saturated carbocycles. The topological polar surface area (TPSA) is 85.7 Å². The number of ether oxygens (including phenoxy) is 2. The Hall–Kier alpha value is -3.55. The summed E-state index contributed by atoms with van der Waals surface area (Å²) in [6.45, 7) is 2.39. The molecule has 3 aromatic rings. The van der Waals surface area contributed by atoms with Crippen LogP contribution in [0.1, 0.15) is 45.1 Å². The molecule has 2 amide bonds. The lowest BCUT2D eigenvalue weighted by Gasteiger charge is -2.35. The smallest absolute Gasteiger partial charge is 0.253 e. The third-order valence-corrected chi connectivity index (χ3v) is 7.06. The Morgan fingerprint density at radius 1 is 1.12 bits per heavy atom. The van der Waals surface area contributed by atoms with Gasteiger partial charge in [0.05, 0.1) is 17.5 Å². The summed E-state index contributed by atoms with van der Waals surface area (Å²) < 4.78 is 12.7. The average Bonchev–Trinajstić information content (AvgIpc) is 3.49. The summed E-state index contributed by atoms with van der Waals surface area (Å²) in [5.41, 5.74) is 2.34. The number of rotatable bonds is 4. The largest absolute Gasteiger partial charge is 0.454 e. The number of para-hydroxylation sites is 2. The highest BCUT2D eigenvalue weighted by molar-refractivity contribution is 6.05. The Kier molecular flexibility index (Phi) is 4.74. The van der Waals surface area contributed by atoms with Crippen LogP contribution in [0.4, 0.5) is 11.6 Å². The molecular weight excluding hydrogens is 420 g/mol. The van der Waals surface area contributed by atoms with Crippen LogP contribution in [0.3, 0.4) is 0 Å². The molecule has 6 rings (SSSR count). The first-order chi connectivity index (χ1) is 16.1. The van der Waals surface area contributed by atoms with Gasteiger partial charge in [0.1, 0.15) is 6.04 Å². The van der Waals surface area contributed by atoms with E-state index in [1.165, 1.54) is 6.42 Å². The summed E-state index contributed by atoms with van der Waals surface area (Å²) in [5, 5.41) is 2.91. The molecule has 3 heterocycles. The molecule has 3 aliphatic rings. The summed E-state index contributed by atoms with van der Waals surface area (Å²) in [6.07, 6.45) is 4.40. The second-order valence-corrected chi connectivity index (χ2v) is 9.14. The van der Waals surface area contributed by atoms with Crippen LogP contribution in [0, 0.1) is 5.92 Å². The first-order valence-electron chi connectivity index (χ1n) is 11.6. The zero-order valence-electron chi connectivity index (χ0n) is 18.5. The molecule has 0 spiro atoms. The lowest BCUT2D eigenvalue weighted by molar-refractivity contribution is -0.125. The minimum Gasteiger partial charge on any atom is -0.454 e. The lowest BCUT2D eigenvalue weighted by atomic mass is 9.85. The van der Waals surface area contributed by atoms with Crippen LogP contribution in [-0.4, -0.2) is 34.2 Å². The number of hydrogen-bond donors (Lipinski definition) is 1. The van der Waals surface area contributed by atoms with Crippen molar-refractivity contribution in [2.45, 2.75) is 51.1 Å².